The van der Waals surface area contributed by atoms with Crippen LogP contribution in [0.1, 0.15) is 24.1 Å². The van der Waals surface area contributed by atoms with Crippen molar-refractivity contribution in [1.82, 2.24) is 4.90 Å². The van der Waals surface area contributed by atoms with Crippen molar-refractivity contribution in [1.29, 1.82) is 0 Å². The van der Waals surface area contributed by atoms with E-state index in [4.69, 9.17) is 4.74 Å². The molecule has 0 unspecified atom stereocenters. The molecular formula is C18H17NO3. The molecule has 2 aromatic carbocycles. The molecule has 3 rings (SSSR count). The molecule has 0 radical (unpaired) electrons. The lowest BCUT2D eigenvalue weighted by Gasteiger charge is -2.25. The first-order valence-corrected chi connectivity index (χ1v) is 7.31. The van der Waals surface area contributed by atoms with Crippen LogP contribution >= 0.6 is 0 Å². The summed E-state index contributed by atoms with van der Waals surface area (Å²) in [6.45, 7) is 2.01. The summed E-state index contributed by atoms with van der Waals surface area (Å²) in [5.41, 5.74) is 4.30. The molecule has 1 aliphatic rings. The maximum Gasteiger partial charge on any atom is 0.325 e. The summed E-state index contributed by atoms with van der Waals surface area (Å²) < 4.78 is 4.97. The van der Waals surface area contributed by atoms with Gasteiger partial charge in [-0.1, -0.05) is 48.5 Å². The summed E-state index contributed by atoms with van der Waals surface area (Å²) in [6, 6.07) is 15.7. The zero-order valence-electron chi connectivity index (χ0n) is 12.4. The predicted octanol–water partition coefficient (Wildman–Crippen LogP) is 2.78. The van der Waals surface area contributed by atoms with E-state index in [-0.39, 0.29) is 12.6 Å². The molecule has 0 spiro atoms. The number of fused-ring (bicyclic) bond motifs is 3. The van der Waals surface area contributed by atoms with E-state index >= 15 is 0 Å². The molecule has 1 aliphatic carbocycles. The van der Waals surface area contributed by atoms with Gasteiger partial charge in [-0.25, -0.2) is 0 Å². The van der Waals surface area contributed by atoms with Gasteiger partial charge >= 0.3 is 5.97 Å². The van der Waals surface area contributed by atoms with Crippen molar-refractivity contribution in [3.8, 4) is 11.1 Å². The second kappa shape index (κ2) is 6.02. The molecule has 1 amide bonds. The monoisotopic (exact) mass is 295 g/mol. The first-order chi connectivity index (χ1) is 10.8. The molecule has 0 bridgehead atoms. The number of nitrogens with zero attached hydrogens (tertiary/aromatic N) is 1. The van der Waals surface area contributed by atoms with Crippen LogP contribution in [-0.4, -0.2) is 30.4 Å². The Bertz CT molecular complexity index is 665. The van der Waals surface area contributed by atoms with Gasteiger partial charge in [-0.15, -0.1) is 0 Å². The van der Waals surface area contributed by atoms with Gasteiger partial charge in [-0.05, 0) is 29.2 Å². The van der Waals surface area contributed by atoms with Gasteiger partial charge in [0.15, 0.2) is 0 Å². The van der Waals surface area contributed by atoms with Crippen molar-refractivity contribution in [3.63, 3.8) is 0 Å². The first kappa shape index (κ1) is 14.3. The van der Waals surface area contributed by atoms with Crippen LogP contribution in [0, 0.1) is 0 Å². The number of hydrogen-bond donors (Lipinski definition) is 0. The fraction of sp³-hybridized carbons (Fsp3) is 0.222. The Balaban J connectivity index is 2.02. The average molecular weight is 295 g/mol. The van der Waals surface area contributed by atoms with Crippen LogP contribution in [0.4, 0.5) is 0 Å². The third-order valence-electron chi connectivity index (χ3n) is 3.88. The summed E-state index contributed by atoms with van der Waals surface area (Å²) in [7, 11) is 0. The summed E-state index contributed by atoms with van der Waals surface area (Å²) in [6.07, 6.45) is 0.723. The van der Waals surface area contributed by atoms with Gasteiger partial charge in [-0.2, -0.15) is 0 Å². The zero-order chi connectivity index (χ0) is 15.5. The van der Waals surface area contributed by atoms with Crippen LogP contribution in [-0.2, 0) is 14.3 Å². The molecule has 0 saturated heterocycles. The van der Waals surface area contributed by atoms with Crippen molar-refractivity contribution < 1.29 is 14.3 Å². The molecule has 0 fully saturated rings. The number of benzene rings is 2. The Morgan fingerprint density at radius 2 is 1.64 bits per heavy atom. The van der Waals surface area contributed by atoms with Crippen molar-refractivity contribution in [2.75, 3.05) is 13.2 Å². The lowest BCUT2D eigenvalue weighted by atomic mass is 10.0. The van der Waals surface area contributed by atoms with E-state index in [2.05, 4.69) is 0 Å². The largest absolute Gasteiger partial charge is 0.465 e. The third kappa shape index (κ3) is 2.37. The van der Waals surface area contributed by atoms with E-state index in [1.807, 2.05) is 48.5 Å². The molecule has 4 heteroatoms. The molecule has 2 aromatic rings. The van der Waals surface area contributed by atoms with Gasteiger partial charge in [0.05, 0.1) is 12.6 Å². The summed E-state index contributed by atoms with van der Waals surface area (Å²) >= 11 is 0. The van der Waals surface area contributed by atoms with E-state index in [9.17, 15) is 9.59 Å². The minimum absolute atomic E-state index is 0.0509. The van der Waals surface area contributed by atoms with Gasteiger partial charge in [0.25, 0.3) is 0 Å². The van der Waals surface area contributed by atoms with Crippen LogP contribution in [0.25, 0.3) is 11.1 Å². The van der Waals surface area contributed by atoms with Crippen LogP contribution in [0.15, 0.2) is 48.5 Å². The van der Waals surface area contributed by atoms with Gasteiger partial charge in [0.2, 0.25) is 6.41 Å². The maximum atomic E-state index is 11.8. The fourth-order valence-corrected chi connectivity index (χ4v) is 3.03. The molecule has 0 N–H and O–H groups in total. The molecule has 0 saturated carbocycles. The van der Waals surface area contributed by atoms with Gasteiger partial charge < -0.3 is 9.64 Å². The molecule has 22 heavy (non-hydrogen) atoms. The summed E-state index contributed by atoms with van der Waals surface area (Å²) in [5, 5.41) is 0. The Hall–Kier alpha value is -2.62. The first-order valence-electron chi connectivity index (χ1n) is 7.31. The number of hydrogen-bond acceptors (Lipinski definition) is 3. The molecule has 112 valence electrons. The molecule has 4 nitrogen and oxygen atoms in total. The lowest BCUT2D eigenvalue weighted by Crippen LogP contribution is -2.33. The standard InChI is InChI=1S/C18H17NO3/c1-2-22-17(21)11-19(12-20)18-15-9-5-3-7-13(15)14-8-4-6-10-16(14)18/h3-10,12,18H,2,11H2,1H3. The van der Waals surface area contributed by atoms with Crippen molar-refractivity contribution in [2.45, 2.75) is 13.0 Å². The molecule has 0 aromatic heterocycles. The predicted molar refractivity (Wildman–Crippen MR) is 83.1 cm³/mol. The zero-order valence-corrected chi connectivity index (χ0v) is 12.4. The van der Waals surface area contributed by atoms with Crippen LogP contribution in [0.2, 0.25) is 0 Å². The van der Waals surface area contributed by atoms with E-state index in [0.717, 1.165) is 28.7 Å². The van der Waals surface area contributed by atoms with E-state index in [1.165, 1.54) is 4.90 Å². The van der Waals surface area contributed by atoms with Gasteiger partial charge in [-0.3, -0.25) is 9.59 Å². The van der Waals surface area contributed by atoms with Crippen molar-refractivity contribution in [2.24, 2.45) is 0 Å². The summed E-state index contributed by atoms with van der Waals surface area (Å²) in [4.78, 5) is 24.8. The Labute approximate surface area is 129 Å². The highest BCUT2D eigenvalue weighted by Crippen LogP contribution is 2.45. The number of amides is 1. The van der Waals surface area contributed by atoms with Gasteiger partial charge in [0, 0.05) is 0 Å². The Morgan fingerprint density at radius 3 is 2.14 bits per heavy atom. The minimum atomic E-state index is -0.392. The number of carbonyl (C=O) groups excluding carboxylic acids is 2. The molecule has 0 aliphatic heterocycles. The number of carbonyl (C=O) groups is 2. The smallest absolute Gasteiger partial charge is 0.325 e. The number of esters is 1. The SMILES string of the molecule is CCOC(=O)CN(C=O)C1c2ccccc2-c2ccccc21. The molecule has 0 heterocycles. The van der Waals surface area contributed by atoms with Crippen LogP contribution in [0.3, 0.4) is 0 Å². The Kier molecular flexibility index (Phi) is 3.92. The summed E-state index contributed by atoms with van der Waals surface area (Å²) in [5.74, 6) is -0.392. The van der Waals surface area contributed by atoms with Crippen molar-refractivity contribution in [3.05, 3.63) is 59.7 Å². The highest BCUT2D eigenvalue weighted by Gasteiger charge is 2.33. The number of rotatable bonds is 5. The molecular weight excluding hydrogens is 278 g/mol. The highest BCUT2D eigenvalue weighted by molar-refractivity contribution is 5.81. The minimum Gasteiger partial charge on any atom is -0.465 e. The second-order valence-corrected chi connectivity index (χ2v) is 5.16. The topological polar surface area (TPSA) is 46.6 Å². The van der Waals surface area contributed by atoms with Crippen LogP contribution in [0.5, 0.6) is 0 Å². The third-order valence-corrected chi connectivity index (χ3v) is 3.88. The van der Waals surface area contributed by atoms with E-state index in [0.29, 0.717) is 6.61 Å². The van der Waals surface area contributed by atoms with Crippen LogP contribution < -0.4 is 0 Å². The Morgan fingerprint density at radius 1 is 1.09 bits per heavy atom. The lowest BCUT2D eigenvalue weighted by molar-refractivity contribution is -0.147. The second-order valence-electron chi connectivity index (χ2n) is 5.16. The van der Waals surface area contributed by atoms with Gasteiger partial charge in [0.1, 0.15) is 6.54 Å². The maximum absolute atomic E-state index is 11.8. The molecule has 0 atom stereocenters. The number of ether oxygens (including phenoxy) is 1. The normalized spacial score (nSPS) is 12.4. The van der Waals surface area contributed by atoms with Crippen molar-refractivity contribution >= 4 is 12.4 Å². The fourth-order valence-electron chi connectivity index (χ4n) is 3.03. The average Bonchev–Trinajstić information content (AvgIpc) is 2.88. The highest BCUT2D eigenvalue weighted by atomic mass is 16.5. The quantitative estimate of drug-likeness (QED) is 0.629. The van der Waals surface area contributed by atoms with E-state index in [1.54, 1.807) is 6.92 Å². The van der Waals surface area contributed by atoms with E-state index < -0.39 is 5.97 Å².